The quantitative estimate of drug-likeness (QED) is 0.620. The molecule has 1 aliphatic carbocycles. The molecule has 5 heteroatoms. The first-order valence-electron chi connectivity index (χ1n) is 6.19. The van der Waals surface area contributed by atoms with Crippen LogP contribution in [-0.4, -0.2) is 31.1 Å². The predicted molar refractivity (Wildman–Crippen MR) is 71.7 cm³/mol. The third-order valence-electron chi connectivity index (χ3n) is 3.14. The van der Waals surface area contributed by atoms with Gasteiger partial charge < -0.3 is 15.4 Å². The second-order valence-corrected chi connectivity index (χ2v) is 4.56. The van der Waals surface area contributed by atoms with E-state index < -0.39 is 0 Å². The van der Waals surface area contributed by atoms with E-state index in [-0.39, 0.29) is 0 Å². The summed E-state index contributed by atoms with van der Waals surface area (Å²) in [7, 11) is 3.41. The fourth-order valence-electron chi connectivity index (χ4n) is 1.81. The molecule has 0 bridgehead atoms. The van der Waals surface area contributed by atoms with Gasteiger partial charge in [-0.25, -0.2) is 4.98 Å². The number of rotatable bonds is 4. The van der Waals surface area contributed by atoms with Crippen molar-refractivity contribution in [3.8, 4) is 5.88 Å². The number of guanidine groups is 1. The Hall–Kier alpha value is -1.78. The van der Waals surface area contributed by atoms with Crippen LogP contribution in [0.2, 0.25) is 0 Å². The molecule has 1 heterocycles. The summed E-state index contributed by atoms with van der Waals surface area (Å²) in [4.78, 5) is 8.37. The smallest absolute Gasteiger partial charge is 0.218 e. The lowest BCUT2D eigenvalue weighted by molar-refractivity contribution is 0.392. The molecule has 0 aromatic carbocycles. The molecule has 0 spiro atoms. The summed E-state index contributed by atoms with van der Waals surface area (Å²) in [6.07, 6.45) is 2.94. The van der Waals surface area contributed by atoms with Gasteiger partial charge in [0, 0.05) is 31.4 Å². The minimum absolute atomic E-state index is 0.562. The summed E-state index contributed by atoms with van der Waals surface area (Å²) in [5, 5.41) is 6.65. The second kappa shape index (κ2) is 5.71. The van der Waals surface area contributed by atoms with E-state index in [1.165, 1.54) is 6.42 Å². The van der Waals surface area contributed by atoms with Crippen LogP contribution < -0.4 is 15.4 Å². The topological polar surface area (TPSA) is 58.5 Å². The molecule has 2 N–H and O–H groups in total. The molecule has 2 rings (SSSR count). The van der Waals surface area contributed by atoms with Gasteiger partial charge in [0.15, 0.2) is 5.96 Å². The van der Waals surface area contributed by atoms with Crippen LogP contribution in [0.25, 0.3) is 0 Å². The van der Waals surface area contributed by atoms with Gasteiger partial charge >= 0.3 is 0 Å². The van der Waals surface area contributed by atoms with Crippen LogP contribution in [0.5, 0.6) is 5.88 Å². The molecule has 2 atom stereocenters. The largest absolute Gasteiger partial charge is 0.481 e. The van der Waals surface area contributed by atoms with Crippen LogP contribution in [-0.2, 0) is 6.54 Å². The van der Waals surface area contributed by atoms with Crippen molar-refractivity contribution < 1.29 is 4.74 Å². The fraction of sp³-hybridized carbons (Fsp3) is 0.538. The fourth-order valence-corrected chi connectivity index (χ4v) is 1.81. The normalized spacial score (nSPS) is 22.5. The number of hydrogen-bond donors (Lipinski definition) is 2. The Labute approximate surface area is 108 Å². The zero-order chi connectivity index (χ0) is 13.0. The van der Waals surface area contributed by atoms with Crippen LogP contribution in [0.1, 0.15) is 18.9 Å². The molecular weight excluding hydrogens is 228 g/mol. The van der Waals surface area contributed by atoms with E-state index in [9.17, 15) is 0 Å². The number of hydrogen-bond acceptors (Lipinski definition) is 3. The lowest BCUT2D eigenvalue weighted by Crippen LogP contribution is -2.38. The molecule has 1 aromatic rings. The van der Waals surface area contributed by atoms with Gasteiger partial charge in [0.05, 0.1) is 7.11 Å². The summed E-state index contributed by atoms with van der Waals surface area (Å²) < 4.78 is 5.21. The van der Waals surface area contributed by atoms with Crippen molar-refractivity contribution in [1.29, 1.82) is 0 Å². The zero-order valence-corrected chi connectivity index (χ0v) is 11.1. The minimum Gasteiger partial charge on any atom is -0.481 e. The van der Waals surface area contributed by atoms with E-state index in [1.807, 2.05) is 12.1 Å². The van der Waals surface area contributed by atoms with Crippen molar-refractivity contribution in [2.45, 2.75) is 25.9 Å². The van der Waals surface area contributed by atoms with Crippen molar-refractivity contribution >= 4 is 5.96 Å². The Balaban J connectivity index is 1.89. The average Bonchev–Trinajstić information content (AvgIpc) is 3.10. The highest BCUT2D eigenvalue weighted by molar-refractivity contribution is 5.80. The van der Waals surface area contributed by atoms with Crippen LogP contribution in [0.15, 0.2) is 23.3 Å². The molecular formula is C13H20N4O. The molecule has 1 fully saturated rings. The molecule has 5 nitrogen and oxygen atoms in total. The second-order valence-electron chi connectivity index (χ2n) is 4.56. The van der Waals surface area contributed by atoms with Gasteiger partial charge in [-0.1, -0.05) is 13.0 Å². The van der Waals surface area contributed by atoms with E-state index in [2.05, 4.69) is 27.5 Å². The molecule has 0 saturated heterocycles. The Bertz CT molecular complexity index is 433. The summed E-state index contributed by atoms with van der Waals surface area (Å²) in [5.74, 6) is 2.23. The summed E-state index contributed by atoms with van der Waals surface area (Å²) in [5.41, 5.74) is 1.02. The highest BCUT2D eigenvalue weighted by Gasteiger charge is 2.33. The van der Waals surface area contributed by atoms with E-state index in [0.29, 0.717) is 18.5 Å². The summed E-state index contributed by atoms with van der Waals surface area (Å²) in [6.45, 7) is 2.88. The maximum Gasteiger partial charge on any atom is 0.218 e. The number of nitrogens with zero attached hydrogens (tertiary/aromatic N) is 2. The lowest BCUT2D eigenvalue weighted by Gasteiger charge is -2.12. The van der Waals surface area contributed by atoms with Crippen molar-refractivity contribution in [1.82, 2.24) is 15.6 Å². The van der Waals surface area contributed by atoms with Gasteiger partial charge in [-0.15, -0.1) is 0 Å². The number of pyridine rings is 1. The first kappa shape index (κ1) is 12.7. The number of aliphatic imine (C=N–C) groups is 1. The van der Waals surface area contributed by atoms with E-state index in [4.69, 9.17) is 4.74 Å². The Morgan fingerprint density at radius 2 is 2.39 bits per heavy atom. The van der Waals surface area contributed by atoms with Crippen LogP contribution in [0.3, 0.4) is 0 Å². The van der Waals surface area contributed by atoms with Gasteiger partial charge in [-0.3, -0.25) is 4.99 Å². The SMILES string of the molecule is CN=C(NCc1cccnc1OC)NC1CC1C. The summed E-state index contributed by atoms with van der Waals surface area (Å²) in [6, 6.07) is 4.46. The third-order valence-corrected chi connectivity index (χ3v) is 3.14. The number of aromatic nitrogens is 1. The Morgan fingerprint density at radius 1 is 1.61 bits per heavy atom. The van der Waals surface area contributed by atoms with Crippen LogP contribution in [0, 0.1) is 5.92 Å². The third kappa shape index (κ3) is 3.12. The van der Waals surface area contributed by atoms with Crippen molar-refractivity contribution in [3.05, 3.63) is 23.9 Å². The maximum atomic E-state index is 5.21. The monoisotopic (exact) mass is 248 g/mol. The van der Waals surface area contributed by atoms with Gasteiger partial charge in [0.25, 0.3) is 0 Å². The Kier molecular flexibility index (Phi) is 4.02. The first-order valence-corrected chi connectivity index (χ1v) is 6.19. The maximum absolute atomic E-state index is 5.21. The molecule has 2 unspecified atom stereocenters. The van der Waals surface area contributed by atoms with E-state index in [0.717, 1.165) is 17.4 Å². The Morgan fingerprint density at radius 3 is 3.00 bits per heavy atom. The predicted octanol–water partition coefficient (Wildman–Crippen LogP) is 1.16. The van der Waals surface area contributed by atoms with Gasteiger partial charge in [0.2, 0.25) is 5.88 Å². The molecule has 0 aliphatic heterocycles. The molecule has 1 aliphatic rings. The highest BCUT2D eigenvalue weighted by Crippen LogP contribution is 2.28. The number of methoxy groups -OCH3 is 1. The lowest BCUT2D eigenvalue weighted by atomic mass is 10.2. The summed E-state index contributed by atoms with van der Waals surface area (Å²) >= 11 is 0. The zero-order valence-electron chi connectivity index (χ0n) is 11.1. The van der Waals surface area contributed by atoms with Gasteiger partial charge in [-0.2, -0.15) is 0 Å². The van der Waals surface area contributed by atoms with Crippen LogP contribution in [0.4, 0.5) is 0 Å². The average molecular weight is 248 g/mol. The minimum atomic E-state index is 0.562. The molecule has 0 radical (unpaired) electrons. The van der Waals surface area contributed by atoms with Crippen molar-refractivity contribution in [3.63, 3.8) is 0 Å². The molecule has 18 heavy (non-hydrogen) atoms. The molecule has 1 aromatic heterocycles. The number of nitrogens with one attached hydrogen (secondary N) is 2. The molecule has 1 saturated carbocycles. The van der Waals surface area contributed by atoms with Crippen molar-refractivity contribution in [2.24, 2.45) is 10.9 Å². The highest BCUT2D eigenvalue weighted by atomic mass is 16.5. The van der Waals surface area contributed by atoms with Crippen molar-refractivity contribution in [2.75, 3.05) is 14.2 Å². The van der Waals surface area contributed by atoms with Crippen LogP contribution >= 0.6 is 0 Å². The molecule has 98 valence electrons. The number of ether oxygens (including phenoxy) is 1. The van der Waals surface area contributed by atoms with E-state index >= 15 is 0 Å². The molecule has 0 amide bonds. The standard InChI is InChI=1S/C13H20N4O/c1-9-7-11(9)17-13(14-2)16-8-10-5-4-6-15-12(10)18-3/h4-6,9,11H,7-8H2,1-3H3,(H2,14,16,17). The van der Waals surface area contributed by atoms with Gasteiger partial charge in [-0.05, 0) is 18.4 Å². The van der Waals surface area contributed by atoms with E-state index in [1.54, 1.807) is 20.4 Å². The first-order chi connectivity index (χ1) is 8.74. The van der Waals surface area contributed by atoms with Gasteiger partial charge in [0.1, 0.15) is 0 Å².